The van der Waals surface area contributed by atoms with Crippen molar-refractivity contribution in [2.24, 2.45) is 0 Å². The van der Waals surface area contributed by atoms with Gasteiger partial charge in [0.25, 0.3) is 0 Å². The maximum Gasteiger partial charge on any atom is 0.158 e. The van der Waals surface area contributed by atoms with Crippen molar-refractivity contribution < 1.29 is 5.11 Å². The second kappa shape index (κ2) is 5.13. The molecule has 1 aliphatic carbocycles. The maximum atomic E-state index is 9.32. The van der Waals surface area contributed by atoms with E-state index in [2.05, 4.69) is 46.0 Å². The molecule has 100 valence electrons. The van der Waals surface area contributed by atoms with Crippen LogP contribution < -0.4 is 0 Å². The molecule has 0 radical (unpaired) electrons. The molecule has 1 aliphatic rings. The fraction of sp³-hybridized carbons (Fsp3) is 0.467. The molecule has 3 rings (SSSR count). The van der Waals surface area contributed by atoms with Gasteiger partial charge in [0.15, 0.2) is 5.82 Å². The van der Waals surface area contributed by atoms with Gasteiger partial charge in [-0.3, -0.25) is 0 Å². The second-order valence-corrected chi connectivity index (χ2v) is 5.14. The van der Waals surface area contributed by atoms with Gasteiger partial charge >= 0.3 is 0 Å². The van der Waals surface area contributed by atoms with E-state index < -0.39 is 0 Å². The van der Waals surface area contributed by atoms with Gasteiger partial charge in [-0.25, -0.2) is 0 Å². The first-order valence-electron chi connectivity index (χ1n) is 6.93. The molecule has 1 saturated carbocycles. The van der Waals surface area contributed by atoms with Crippen LogP contribution in [0.4, 0.5) is 0 Å². The lowest BCUT2D eigenvalue weighted by Gasteiger charge is -2.07. The van der Waals surface area contributed by atoms with Crippen LogP contribution in [0.25, 0.3) is 0 Å². The van der Waals surface area contributed by atoms with Crippen molar-refractivity contribution in [2.75, 3.05) is 0 Å². The SMILES string of the molecule is CCCn1c(CO)nnc1C1CC1c1ccccc1. The molecule has 4 heteroatoms. The van der Waals surface area contributed by atoms with Crippen LogP contribution in [0.15, 0.2) is 30.3 Å². The topological polar surface area (TPSA) is 50.9 Å². The van der Waals surface area contributed by atoms with E-state index in [4.69, 9.17) is 0 Å². The van der Waals surface area contributed by atoms with Crippen LogP contribution in [0.1, 0.15) is 48.8 Å². The third-order valence-electron chi connectivity index (χ3n) is 3.79. The van der Waals surface area contributed by atoms with Crippen LogP contribution in [0.2, 0.25) is 0 Å². The molecule has 0 bridgehead atoms. The Bertz CT molecular complexity index is 550. The molecule has 2 unspecified atom stereocenters. The molecular formula is C15H19N3O. The third-order valence-corrected chi connectivity index (χ3v) is 3.79. The van der Waals surface area contributed by atoms with Crippen molar-refractivity contribution in [2.45, 2.75) is 44.8 Å². The summed E-state index contributed by atoms with van der Waals surface area (Å²) in [5, 5.41) is 17.7. The molecule has 0 spiro atoms. The number of hydrogen-bond donors (Lipinski definition) is 1. The molecule has 0 aliphatic heterocycles. The Morgan fingerprint density at radius 3 is 2.68 bits per heavy atom. The molecule has 0 saturated heterocycles. The third kappa shape index (κ3) is 2.28. The highest BCUT2D eigenvalue weighted by atomic mass is 16.3. The number of aliphatic hydroxyl groups is 1. The van der Waals surface area contributed by atoms with Crippen LogP contribution in [-0.2, 0) is 13.2 Å². The predicted molar refractivity (Wildman–Crippen MR) is 72.8 cm³/mol. The van der Waals surface area contributed by atoms with E-state index in [1.165, 1.54) is 5.56 Å². The fourth-order valence-electron chi connectivity index (χ4n) is 2.76. The number of rotatable bonds is 5. The Morgan fingerprint density at radius 2 is 2.00 bits per heavy atom. The lowest BCUT2D eigenvalue weighted by atomic mass is 10.1. The summed E-state index contributed by atoms with van der Waals surface area (Å²) in [6.45, 7) is 2.98. The summed E-state index contributed by atoms with van der Waals surface area (Å²) in [7, 11) is 0. The Labute approximate surface area is 113 Å². The van der Waals surface area contributed by atoms with Gasteiger partial charge in [-0.15, -0.1) is 10.2 Å². The molecule has 1 fully saturated rings. The summed E-state index contributed by atoms with van der Waals surface area (Å²) in [6, 6.07) is 10.6. The maximum absolute atomic E-state index is 9.32. The van der Waals surface area contributed by atoms with Crippen LogP contribution >= 0.6 is 0 Å². The first kappa shape index (κ1) is 12.4. The number of hydrogen-bond acceptors (Lipinski definition) is 3. The van der Waals surface area contributed by atoms with Crippen molar-refractivity contribution in [1.82, 2.24) is 14.8 Å². The standard InChI is InChI=1S/C15H19N3O/c1-2-8-18-14(10-19)16-17-15(18)13-9-12(13)11-6-4-3-5-7-11/h3-7,12-13,19H,2,8-10H2,1H3. The Balaban J connectivity index is 1.83. The van der Waals surface area contributed by atoms with E-state index in [0.717, 1.165) is 25.2 Å². The molecule has 1 aromatic carbocycles. The molecule has 1 heterocycles. The number of benzene rings is 1. The summed E-state index contributed by atoms with van der Waals surface area (Å²) in [5.41, 5.74) is 1.38. The average molecular weight is 257 g/mol. The van der Waals surface area contributed by atoms with Gasteiger partial charge in [0.1, 0.15) is 12.4 Å². The van der Waals surface area contributed by atoms with Gasteiger partial charge in [-0.2, -0.15) is 0 Å². The van der Waals surface area contributed by atoms with E-state index in [9.17, 15) is 5.11 Å². The van der Waals surface area contributed by atoms with Crippen molar-refractivity contribution in [3.63, 3.8) is 0 Å². The summed E-state index contributed by atoms with van der Waals surface area (Å²) >= 11 is 0. The van der Waals surface area contributed by atoms with Crippen LogP contribution in [-0.4, -0.2) is 19.9 Å². The minimum atomic E-state index is -0.0320. The largest absolute Gasteiger partial charge is 0.388 e. The van der Waals surface area contributed by atoms with E-state index in [0.29, 0.717) is 17.7 Å². The minimum absolute atomic E-state index is 0.0320. The molecule has 19 heavy (non-hydrogen) atoms. The highest BCUT2D eigenvalue weighted by molar-refractivity contribution is 5.31. The number of nitrogens with zero attached hydrogens (tertiary/aromatic N) is 3. The molecule has 4 nitrogen and oxygen atoms in total. The summed E-state index contributed by atoms with van der Waals surface area (Å²) in [5.74, 6) is 2.75. The van der Waals surface area contributed by atoms with Gasteiger partial charge in [-0.05, 0) is 24.3 Å². The molecule has 1 N–H and O–H groups in total. The lowest BCUT2D eigenvalue weighted by Crippen LogP contribution is -2.07. The summed E-state index contributed by atoms with van der Waals surface area (Å²) < 4.78 is 2.09. The van der Waals surface area contributed by atoms with Crippen LogP contribution in [0.5, 0.6) is 0 Å². The summed E-state index contributed by atoms with van der Waals surface area (Å²) in [4.78, 5) is 0. The lowest BCUT2D eigenvalue weighted by molar-refractivity contribution is 0.264. The highest BCUT2D eigenvalue weighted by Gasteiger charge is 2.43. The van der Waals surface area contributed by atoms with E-state index in [1.54, 1.807) is 0 Å². The highest BCUT2D eigenvalue weighted by Crippen LogP contribution is 2.54. The average Bonchev–Trinajstić information content (AvgIpc) is 3.15. The first-order chi connectivity index (χ1) is 9.35. The zero-order chi connectivity index (χ0) is 13.2. The Morgan fingerprint density at radius 1 is 1.21 bits per heavy atom. The van der Waals surface area contributed by atoms with E-state index in [-0.39, 0.29) is 6.61 Å². The van der Waals surface area contributed by atoms with Gasteiger partial charge in [0.2, 0.25) is 0 Å². The predicted octanol–water partition coefficient (Wildman–Crippen LogP) is 2.45. The van der Waals surface area contributed by atoms with Gasteiger partial charge in [-0.1, -0.05) is 37.3 Å². The number of aliphatic hydroxyl groups excluding tert-OH is 1. The first-order valence-corrected chi connectivity index (χ1v) is 6.93. The van der Waals surface area contributed by atoms with Crippen molar-refractivity contribution in [3.8, 4) is 0 Å². The molecular weight excluding hydrogens is 238 g/mol. The molecule has 2 atom stereocenters. The molecule has 1 aromatic heterocycles. The quantitative estimate of drug-likeness (QED) is 0.895. The van der Waals surface area contributed by atoms with Gasteiger partial charge < -0.3 is 9.67 Å². The molecule has 0 amide bonds. The number of aromatic nitrogens is 3. The van der Waals surface area contributed by atoms with Crippen molar-refractivity contribution >= 4 is 0 Å². The monoisotopic (exact) mass is 257 g/mol. The van der Waals surface area contributed by atoms with Gasteiger partial charge in [0, 0.05) is 12.5 Å². The zero-order valence-corrected chi connectivity index (χ0v) is 11.2. The van der Waals surface area contributed by atoms with E-state index in [1.807, 2.05) is 6.07 Å². The Hall–Kier alpha value is -1.68. The second-order valence-electron chi connectivity index (χ2n) is 5.14. The van der Waals surface area contributed by atoms with Crippen molar-refractivity contribution in [1.29, 1.82) is 0 Å². The normalized spacial score (nSPS) is 21.6. The minimum Gasteiger partial charge on any atom is -0.388 e. The van der Waals surface area contributed by atoms with Crippen molar-refractivity contribution in [3.05, 3.63) is 47.5 Å². The molecule has 2 aromatic rings. The smallest absolute Gasteiger partial charge is 0.158 e. The van der Waals surface area contributed by atoms with Crippen LogP contribution in [0, 0.1) is 0 Å². The zero-order valence-electron chi connectivity index (χ0n) is 11.2. The van der Waals surface area contributed by atoms with E-state index >= 15 is 0 Å². The van der Waals surface area contributed by atoms with Gasteiger partial charge in [0.05, 0.1) is 0 Å². The fourth-order valence-corrected chi connectivity index (χ4v) is 2.76. The van der Waals surface area contributed by atoms with Crippen LogP contribution in [0.3, 0.4) is 0 Å². The summed E-state index contributed by atoms with van der Waals surface area (Å²) in [6.07, 6.45) is 2.16. The Kier molecular flexibility index (Phi) is 3.34.